The van der Waals surface area contributed by atoms with E-state index in [9.17, 15) is 0 Å². The zero-order chi connectivity index (χ0) is 14.5. The summed E-state index contributed by atoms with van der Waals surface area (Å²) < 4.78 is 10.5. The lowest BCUT2D eigenvalue weighted by Gasteiger charge is -2.22. The van der Waals surface area contributed by atoms with Gasteiger partial charge in [0, 0.05) is 37.4 Å². The highest BCUT2D eigenvalue weighted by Crippen LogP contribution is 2.24. The van der Waals surface area contributed by atoms with E-state index in [1.165, 1.54) is 0 Å². The van der Waals surface area contributed by atoms with Gasteiger partial charge in [-0.05, 0) is 30.7 Å². The van der Waals surface area contributed by atoms with E-state index < -0.39 is 0 Å². The van der Waals surface area contributed by atoms with Gasteiger partial charge in [0.05, 0.1) is 11.6 Å². The van der Waals surface area contributed by atoms with Crippen molar-refractivity contribution < 1.29 is 9.47 Å². The van der Waals surface area contributed by atoms with Crippen LogP contribution in [0.1, 0.15) is 12.5 Å². The van der Waals surface area contributed by atoms with Crippen molar-refractivity contribution in [2.75, 3.05) is 14.2 Å². The van der Waals surface area contributed by atoms with Crippen LogP contribution in [-0.4, -0.2) is 31.5 Å². The van der Waals surface area contributed by atoms with Crippen molar-refractivity contribution in [1.29, 1.82) is 0 Å². The molecule has 0 bridgehead atoms. The Balaban J connectivity index is 2.16. The van der Waals surface area contributed by atoms with Crippen LogP contribution >= 0.6 is 11.6 Å². The SMILES string of the molecule is COC(OC)C(C)NCc1ccc(Cl)c2cccnc12. The summed E-state index contributed by atoms with van der Waals surface area (Å²) in [6, 6.07) is 7.83. The van der Waals surface area contributed by atoms with Gasteiger partial charge in [-0.2, -0.15) is 0 Å². The first kappa shape index (κ1) is 15.2. The molecule has 20 heavy (non-hydrogen) atoms. The Morgan fingerprint density at radius 1 is 1.25 bits per heavy atom. The zero-order valence-corrected chi connectivity index (χ0v) is 12.6. The van der Waals surface area contributed by atoms with Crippen LogP contribution in [0.25, 0.3) is 10.9 Å². The highest BCUT2D eigenvalue weighted by Gasteiger charge is 2.15. The van der Waals surface area contributed by atoms with Gasteiger partial charge in [-0.25, -0.2) is 0 Å². The van der Waals surface area contributed by atoms with E-state index in [-0.39, 0.29) is 12.3 Å². The summed E-state index contributed by atoms with van der Waals surface area (Å²) in [6.45, 7) is 2.69. The molecule has 0 aliphatic heterocycles. The molecule has 1 unspecified atom stereocenters. The van der Waals surface area contributed by atoms with Crippen LogP contribution in [0.2, 0.25) is 5.02 Å². The van der Waals surface area contributed by atoms with Gasteiger partial charge in [-0.15, -0.1) is 0 Å². The van der Waals surface area contributed by atoms with Crippen molar-refractivity contribution in [3.63, 3.8) is 0 Å². The van der Waals surface area contributed by atoms with Gasteiger partial charge < -0.3 is 14.8 Å². The van der Waals surface area contributed by atoms with Gasteiger partial charge in [-0.1, -0.05) is 17.7 Å². The summed E-state index contributed by atoms with van der Waals surface area (Å²) in [5.74, 6) is 0. The summed E-state index contributed by atoms with van der Waals surface area (Å²) >= 11 is 6.19. The molecule has 0 aliphatic carbocycles. The second kappa shape index (κ2) is 6.99. The first-order valence-corrected chi connectivity index (χ1v) is 6.86. The Morgan fingerprint density at radius 3 is 2.70 bits per heavy atom. The van der Waals surface area contributed by atoms with Crippen LogP contribution in [0.4, 0.5) is 0 Å². The molecule has 1 N–H and O–H groups in total. The number of aromatic nitrogens is 1. The summed E-state index contributed by atoms with van der Waals surface area (Å²) in [5.41, 5.74) is 2.02. The summed E-state index contributed by atoms with van der Waals surface area (Å²) in [7, 11) is 3.26. The van der Waals surface area contributed by atoms with E-state index in [2.05, 4.69) is 10.3 Å². The first-order chi connectivity index (χ1) is 9.67. The Hall–Kier alpha value is -1.20. The van der Waals surface area contributed by atoms with Gasteiger partial charge in [0.1, 0.15) is 0 Å². The second-order valence-corrected chi connectivity index (χ2v) is 5.02. The first-order valence-electron chi connectivity index (χ1n) is 6.48. The molecular formula is C15H19ClN2O2. The lowest BCUT2D eigenvalue weighted by molar-refractivity contribution is -0.119. The molecule has 0 saturated heterocycles. The minimum Gasteiger partial charge on any atom is -0.354 e. The quantitative estimate of drug-likeness (QED) is 0.832. The van der Waals surface area contributed by atoms with Crippen molar-refractivity contribution >= 4 is 22.5 Å². The molecule has 0 radical (unpaired) electrons. The molecule has 1 heterocycles. The standard InChI is InChI=1S/C15H19ClN2O2/c1-10(15(19-2)20-3)18-9-11-6-7-13(16)12-5-4-8-17-14(11)12/h4-8,10,15,18H,9H2,1-3H3. The fourth-order valence-electron chi connectivity index (χ4n) is 2.21. The molecule has 1 aromatic carbocycles. The van der Waals surface area contributed by atoms with E-state index in [1.54, 1.807) is 20.4 Å². The molecule has 1 atom stereocenters. The van der Waals surface area contributed by atoms with Gasteiger partial charge >= 0.3 is 0 Å². The number of nitrogens with zero attached hydrogens (tertiary/aromatic N) is 1. The molecule has 108 valence electrons. The Labute approximate surface area is 124 Å². The highest BCUT2D eigenvalue weighted by molar-refractivity contribution is 6.35. The average molecular weight is 295 g/mol. The average Bonchev–Trinajstić information content (AvgIpc) is 2.48. The maximum atomic E-state index is 6.19. The van der Waals surface area contributed by atoms with Crippen LogP contribution in [-0.2, 0) is 16.0 Å². The number of ether oxygens (including phenoxy) is 2. The number of fused-ring (bicyclic) bond motifs is 1. The van der Waals surface area contributed by atoms with Crippen molar-refractivity contribution in [3.8, 4) is 0 Å². The highest BCUT2D eigenvalue weighted by atomic mass is 35.5. The predicted molar refractivity (Wildman–Crippen MR) is 80.9 cm³/mol. The summed E-state index contributed by atoms with van der Waals surface area (Å²) in [4.78, 5) is 4.42. The minimum absolute atomic E-state index is 0.0689. The molecule has 0 aliphatic rings. The number of pyridine rings is 1. The third-order valence-electron chi connectivity index (χ3n) is 3.29. The molecule has 4 nitrogen and oxygen atoms in total. The second-order valence-electron chi connectivity index (χ2n) is 4.62. The fourth-order valence-corrected chi connectivity index (χ4v) is 2.43. The predicted octanol–water partition coefficient (Wildman–Crippen LogP) is 2.99. The van der Waals surface area contributed by atoms with Gasteiger partial charge in [-0.3, -0.25) is 4.98 Å². The molecule has 0 saturated carbocycles. The van der Waals surface area contributed by atoms with Crippen LogP contribution in [0.5, 0.6) is 0 Å². The number of methoxy groups -OCH3 is 2. The van der Waals surface area contributed by atoms with E-state index in [0.29, 0.717) is 6.54 Å². The van der Waals surface area contributed by atoms with E-state index in [0.717, 1.165) is 21.5 Å². The number of hydrogen-bond donors (Lipinski definition) is 1. The molecule has 2 rings (SSSR count). The van der Waals surface area contributed by atoms with E-state index >= 15 is 0 Å². The Kier molecular flexibility index (Phi) is 5.31. The number of hydrogen-bond acceptors (Lipinski definition) is 4. The number of benzene rings is 1. The normalized spacial score (nSPS) is 13.1. The minimum atomic E-state index is -0.276. The molecule has 2 aromatic rings. The Morgan fingerprint density at radius 2 is 2.00 bits per heavy atom. The fraction of sp³-hybridized carbons (Fsp3) is 0.400. The molecular weight excluding hydrogens is 276 g/mol. The van der Waals surface area contributed by atoms with Gasteiger partial charge in [0.25, 0.3) is 0 Å². The maximum absolute atomic E-state index is 6.19. The molecule has 0 spiro atoms. The van der Waals surface area contributed by atoms with E-state index in [4.69, 9.17) is 21.1 Å². The van der Waals surface area contributed by atoms with Crippen LogP contribution in [0, 0.1) is 0 Å². The molecule has 5 heteroatoms. The third-order valence-corrected chi connectivity index (χ3v) is 3.62. The largest absolute Gasteiger partial charge is 0.354 e. The summed E-state index contributed by atoms with van der Waals surface area (Å²) in [5, 5.41) is 5.07. The van der Waals surface area contributed by atoms with Crippen LogP contribution in [0.3, 0.4) is 0 Å². The van der Waals surface area contributed by atoms with Crippen LogP contribution in [0.15, 0.2) is 30.5 Å². The lowest BCUT2D eigenvalue weighted by atomic mass is 10.1. The van der Waals surface area contributed by atoms with Crippen molar-refractivity contribution in [3.05, 3.63) is 41.0 Å². The lowest BCUT2D eigenvalue weighted by Crippen LogP contribution is -2.39. The summed E-state index contributed by atoms with van der Waals surface area (Å²) in [6.07, 6.45) is 1.50. The molecule has 0 fully saturated rings. The monoisotopic (exact) mass is 294 g/mol. The van der Waals surface area contributed by atoms with Crippen LogP contribution < -0.4 is 5.32 Å². The van der Waals surface area contributed by atoms with Gasteiger partial charge in [0.15, 0.2) is 6.29 Å². The number of rotatable bonds is 6. The maximum Gasteiger partial charge on any atom is 0.171 e. The molecule has 0 amide bonds. The van der Waals surface area contributed by atoms with Crippen molar-refractivity contribution in [2.45, 2.75) is 25.8 Å². The van der Waals surface area contributed by atoms with E-state index in [1.807, 2.05) is 31.2 Å². The molecule has 1 aromatic heterocycles. The third kappa shape index (κ3) is 3.27. The van der Waals surface area contributed by atoms with Crippen molar-refractivity contribution in [2.24, 2.45) is 0 Å². The number of nitrogens with one attached hydrogen (secondary N) is 1. The van der Waals surface area contributed by atoms with Gasteiger partial charge in [0.2, 0.25) is 0 Å². The number of halogens is 1. The van der Waals surface area contributed by atoms with Crippen molar-refractivity contribution in [1.82, 2.24) is 10.3 Å². The smallest absolute Gasteiger partial charge is 0.171 e. The zero-order valence-electron chi connectivity index (χ0n) is 11.9. The topological polar surface area (TPSA) is 43.4 Å². The Bertz CT molecular complexity index is 573.